The fraction of sp³-hybridized carbons (Fsp3) is 0.433. The van der Waals surface area contributed by atoms with Gasteiger partial charge in [-0.15, -0.1) is 6.42 Å². The number of aromatic nitrogens is 1. The predicted molar refractivity (Wildman–Crippen MR) is 139 cm³/mol. The second-order valence-corrected chi connectivity index (χ2v) is 10.8. The highest BCUT2D eigenvalue weighted by molar-refractivity contribution is 6.20. The van der Waals surface area contributed by atoms with Gasteiger partial charge in [-0.05, 0) is 67.7 Å². The number of carbonyl (C=O) groups is 1. The van der Waals surface area contributed by atoms with Crippen molar-refractivity contribution >= 4 is 22.4 Å². The lowest BCUT2D eigenvalue weighted by atomic mass is 9.70. The number of nitrogens with one attached hydrogen (secondary N) is 1. The van der Waals surface area contributed by atoms with Crippen LogP contribution in [0.15, 0.2) is 30.3 Å². The van der Waals surface area contributed by atoms with Crippen LogP contribution < -0.4 is 4.90 Å². The van der Waals surface area contributed by atoms with Gasteiger partial charge in [0.25, 0.3) is 0 Å². The van der Waals surface area contributed by atoms with Gasteiger partial charge < -0.3 is 9.88 Å². The first-order valence-electron chi connectivity index (χ1n) is 12.8. The van der Waals surface area contributed by atoms with E-state index in [0.717, 1.165) is 58.4 Å². The highest BCUT2D eigenvalue weighted by Gasteiger charge is 2.41. The van der Waals surface area contributed by atoms with Gasteiger partial charge in [0.15, 0.2) is 5.78 Å². The molecular formula is C30H33N3O. The summed E-state index contributed by atoms with van der Waals surface area (Å²) in [6.45, 7) is 11.3. The van der Waals surface area contributed by atoms with E-state index in [-0.39, 0.29) is 11.2 Å². The van der Waals surface area contributed by atoms with E-state index >= 15 is 0 Å². The first kappa shape index (κ1) is 21.5. The number of aryl methyl sites for hydroxylation is 1. The third-order valence-corrected chi connectivity index (χ3v) is 8.44. The quantitative estimate of drug-likeness (QED) is 0.553. The number of nitrogens with zero attached hydrogens (tertiary/aromatic N) is 2. The van der Waals surface area contributed by atoms with Crippen LogP contribution in [0.25, 0.3) is 10.9 Å². The minimum absolute atomic E-state index is 0.125. The molecule has 0 atom stereocenters. The number of ketones is 1. The molecule has 2 fully saturated rings. The molecule has 3 aliphatic rings. The number of benzene rings is 2. The van der Waals surface area contributed by atoms with Gasteiger partial charge in [0.05, 0.1) is 5.56 Å². The van der Waals surface area contributed by atoms with Gasteiger partial charge >= 0.3 is 0 Å². The Labute approximate surface area is 202 Å². The summed E-state index contributed by atoms with van der Waals surface area (Å²) in [5.74, 6) is 2.83. The Balaban J connectivity index is 1.40. The zero-order chi connectivity index (χ0) is 23.6. The van der Waals surface area contributed by atoms with E-state index in [1.165, 1.54) is 43.6 Å². The molecule has 3 aromatic rings. The summed E-state index contributed by atoms with van der Waals surface area (Å²) in [5.41, 5.74) is 7.84. The predicted octanol–water partition coefficient (Wildman–Crippen LogP) is 5.26. The van der Waals surface area contributed by atoms with Crippen molar-refractivity contribution < 1.29 is 4.79 Å². The maximum absolute atomic E-state index is 13.8. The zero-order valence-corrected chi connectivity index (χ0v) is 20.5. The van der Waals surface area contributed by atoms with E-state index in [0.29, 0.717) is 6.04 Å². The Morgan fingerprint density at radius 2 is 1.88 bits per heavy atom. The number of hydrogen-bond donors (Lipinski definition) is 1. The molecule has 0 spiro atoms. The normalized spacial score (nSPS) is 20.1. The van der Waals surface area contributed by atoms with Crippen molar-refractivity contribution in [1.82, 2.24) is 9.88 Å². The van der Waals surface area contributed by atoms with Crippen LogP contribution in [-0.4, -0.2) is 47.9 Å². The van der Waals surface area contributed by atoms with Crippen molar-refractivity contribution in [3.05, 3.63) is 63.8 Å². The van der Waals surface area contributed by atoms with Crippen LogP contribution in [0.2, 0.25) is 0 Å². The molecule has 1 N–H and O–H groups in total. The molecule has 0 bridgehead atoms. The third kappa shape index (κ3) is 3.07. The largest absolute Gasteiger partial charge is 0.368 e. The highest BCUT2D eigenvalue weighted by atomic mass is 16.1. The topological polar surface area (TPSA) is 39.3 Å². The van der Waals surface area contributed by atoms with E-state index in [9.17, 15) is 4.79 Å². The standard InChI is InChI=1S/C30H33N3O/c1-5-19-10-11-22-25(14-19)31-29-27(22)28(34)23-15-20(6-2)26(16-24(23)30(29,3)4)33-17-21(18-33)32-12-8-7-9-13-32/h1,10-11,14-16,21,31H,6-9,12-13,17-18H2,2-4H3. The molecule has 0 unspecified atom stereocenters. The van der Waals surface area contributed by atoms with Crippen LogP contribution in [0.1, 0.15) is 78.3 Å². The van der Waals surface area contributed by atoms with E-state index in [4.69, 9.17) is 6.42 Å². The van der Waals surface area contributed by atoms with Gasteiger partial charge in [0.2, 0.25) is 0 Å². The van der Waals surface area contributed by atoms with Crippen LogP contribution >= 0.6 is 0 Å². The Morgan fingerprint density at radius 1 is 1.12 bits per heavy atom. The maximum atomic E-state index is 13.8. The van der Waals surface area contributed by atoms with E-state index in [1.54, 1.807) is 0 Å². The Morgan fingerprint density at radius 3 is 2.59 bits per heavy atom. The minimum Gasteiger partial charge on any atom is -0.368 e. The first-order valence-corrected chi connectivity index (χ1v) is 12.8. The number of likely N-dealkylation sites (tertiary alicyclic amines) is 1. The molecule has 1 aromatic heterocycles. The maximum Gasteiger partial charge on any atom is 0.195 e. The zero-order valence-electron chi connectivity index (χ0n) is 20.5. The van der Waals surface area contributed by atoms with E-state index in [1.807, 2.05) is 18.2 Å². The Bertz CT molecular complexity index is 1340. The van der Waals surface area contributed by atoms with Crippen LogP contribution in [-0.2, 0) is 11.8 Å². The van der Waals surface area contributed by atoms with Gasteiger partial charge in [-0.2, -0.15) is 0 Å². The molecule has 0 saturated carbocycles. The van der Waals surface area contributed by atoms with Crippen molar-refractivity contribution in [2.75, 3.05) is 31.1 Å². The van der Waals surface area contributed by atoms with Crippen LogP contribution in [0.3, 0.4) is 0 Å². The number of carbonyl (C=O) groups excluding carboxylic acids is 1. The molecule has 34 heavy (non-hydrogen) atoms. The molecular weight excluding hydrogens is 418 g/mol. The molecule has 6 rings (SSSR count). The second kappa shape index (κ2) is 7.75. The van der Waals surface area contributed by atoms with Gasteiger partial charge in [-0.3, -0.25) is 9.69 Å². The van der Waals surface area contributed by atoms with Crippen molar-refractivity contribution in [2.45, 2.75) is 57.9 Å². The van der Waals surface area contributed by atoms with E-state index < -0.39 is 0 Å². The summed E-state index contributed by atoms with van der Waals surface area (Å²) < 4.78 is 0. The van der Waals surface area contributed by atoms with Crippen LogP contribution in [0, 0.1) is 12.3 Å². The molecule has 1 aliphatic carbocycles. The van der Waals surface area contributed by atoms with E-state index in [2.05, 4.69) is 53.6 Å². The molecule has 4 heteroatoms. The van der Waals surface area contributed by atoms with Gasteiger partial charge in [-0.1, -0.05) is 39.2 Å². The summed E-state index contributed by atoms with van der Waals surface area (Å²) in [5, 5.41) is 0.965. The van der Waals surface area contributed by atoms with Gasteiger partial charge in [-0.25, -0.2) is 0 Å². The van der Waals surface area contributed by atoms with Crippen molar-refractivity contribution in [1.29, 1.82) is 0 Å². The number of terminal acetylenes is 1. The number of anilines is 1. The molecule has 4 nitrogen and oxygen atoms in total. The fourth-order valence-electron chi connectivity index (χ4n) is 6.34. The summed E-state index contributed by atoms with van der Waals surface area (Å²) >= 11 is 0. The number of H-pyrrole nitrogens is 1. The second-order valence-electron chi connectivity index (χ2n) is 10.8. The number of rotatable bonds is 3. The number of aromatic amines is 1. The molecule has 0 radical (unpaired) electrons. The average molecular weight is 452 g/mol. The summed E-state index contributed by atoms with van der Waals surface area (Å²) in [4.78, 5) is 22.6. The van der Waals surface area contributed by atoms with Crippen molar-refractivity contribution in [2.24, 2.45) is 0 Å². The molecule has 0 amide bonds. The number of fused-ring (bicyclic) bond motifs is 4. The van der Waals surface area contributed by atoms with Crippen LogP contribution in [0.4, 0.5) is 5.69 Å². The smallest absolute Gasteiger partial charge is 0.195 e. The highest BCUT2D eigenvalue weighted by Crippen LogP contribution is 2.46. The lowest BCUT2D eigenvalue weighted by Crippen LogP contribution is -2.60. The summed E-state index contributed by atoms with van der Waals surface area (Å²) in [6.07, 6.45) is 10.6. The summed E-state index contributed by atoms with van der Waals surface area (Å²) in [6, 6.07) is 11.1. The monoisotopic (exact) mass is 451 g/mol. The average Bonchev–Trinajstić information content (AvgIpc) is 3.22. The number of piperidine rings is 1. The van der Waals surface area contributed by atoms with Gasteiger partial charge in [0.1, 0.15) is 0 Å². The van der Waals surface area contributed by atoms with Crippen LogP contribution in [0.5, 0.6) is 0 Å². The molecule has 3 heterocycles. The molecule has 2 aliphatic heterocycles. The number of hydrogen-bond acceptors (Lipinski definition) is 3. The molecule has 2 saturated heterocycles. The first-order chi connectivity index (χ1) is 16.4. The van der Waals surface area contributed by atoms with Crippen molar-refractivity contribution in [3.8, 4) is 12.3 Å². The fourth-order valence-corrected chi connectivity index (χ4v) is 6.34. The third-order valence-electron chi connectivity index (χ3n) is 8.44. The lowest BCUT2D eigenvalue weighted by molar-refractivity contribution is 0.103. The SMILES string of the molecule is C#Cc1ccc2c3c([nH]c2c1)C(C)(C)c1cc(N2CC(N4CCCCC4)C2)c(CC)cc1C3=O. The minimum atomic E-state index is -0.300. The van der Waals surface area contributed by atoms with Crippen molar-refractivity contribution in [3.63, 3.8) is 0 Å². The van der Waals surface area contributed by atoms with Gasteiger partial charge in [0, 0.05) is 58.0 Å². The summed E-state index contributed by atoms with van der Waals surface area (Å²) in [7, 11) is 0. The Hall–Kier alpha value is -3.03. The molecule has 174 valence electrons. The lowest BCUT2D eigenvalue weighted by Gasteiger charge is -2.49. The molecule has 2 aromatic carbocycles. The Kier molecular flexibility index (Phi) is 4.90.